The number of anilines is 1. The molecular formula is C18H21ClN6O3. The summed E-state index contributed by atoms with van der Waals surface area (Å²) >= 11 is 6.06. The van der Waals surface area contributed by atoms with E-state index in [0.29, 0.717) is 36.4 Å². The second-order valence-electron chi connectivity index (χ2n) is 6.64. The molecule has 0 aliphatic heterocycles. The quantitative estimate of drug-likeness (QED) is 0.698. The SMILES string of the molecule is CNC(=O)c1ncn([C@H]2CC[C@H](C(=O)Nc3cnccc3Cl)CC2)c1C(N)=O. The van der Waals surface area contributed by atoms with Crippen LogP contribution in [-0.2, 0) is 4.79 Å². The molecule has 28 heavy (non-hydrogen) atoms. The zero-order valence-corrected chi connectivity index (χ0v) is 16.1. The first kappa shape index (κ1) is 19.8. The molecule has 2 aromatic rings. The lowest BCUT2D eigenvalue weighted by Crippen LogP contribution is -2.30. The van der Waals surface area contributed by atoms with Crippen LogP contribution in [0.2, 0.25) is 5.02 Å². The van der Waals surface area contributed by atoms with Gasteiger partial charge < -0.3 is 20.9 Å². The molecule has 0 unspecified atom stereocenters. The van der Waals surface area contributed by atoms with Gasteiger partial charge in [-0.3, -0.25) is 19.4 Å². The van der Waals surface area contributed by atoms with Gasteiger partial charge in [-0.2, -0.15) is 0 Å². The number of pyridine rings is 1. The molecule has 10 heteroatoms. The van der Waals surface area contributed by atoms with Crippen molar-refractivity contribution >= 4 is 35.0 Å². The maximum atomic E-state index is 12.5. The first-order valence-electron chi connectivity index (χ1n) is 8.91. The monoisotopic (exact) mass is 404 g/mol. The second kappa shape index (κ2) is 8.39. The minimum atomic E-state index is -0.706. The van der Waals surface area contributed by atoms with Gasteiger partial charge in [0, 0.05) is 25.2 Å². The molecule has 1 aliphatic carbocycles. The molecule has 0 atom stereocenters. The van der Waals surface area contributed by atoms with Crippen LogP contribution < -0.4 is 16.4 Å². The highest BCUT2D eigenvalue weighted by Gasteiger charge is 2.31. The van der Waals surface area contributed by atoms with Gasteiger partial charge in [0.05, 0.1) is 23.2 Å². The predicted octanol–water partition coefficient (Wildman–Crippen LogP) is 1.76. The summed E-state index contributed by atoms with van der Waals surface area (Å²) in [6.07, 6.45) is 7.09. The fourth-order valence-electron chi connectivity index (χ4n) is 3.49. The largest absolute Gasteiger partial charge is 0.364 e. The van der Waals surface area contributed by atoms with E-state index in [4.69, 9.17) is 17.3 Å². The number of nitrogens with zero attached hydrogens (tertiary/aromatic N) is 3. The number of aromatic nitrogens is 3. The highest BCUT2D eigenvalue weighted by Crippen LogP contribution is 2.34. The molecule has 1 fully saturated rings. The van der Waals surface area contributed by atoms with Crippen molar-refractivity contribution in [3.05, 3.63) is 41.2 Å². The van der Waals surface area contributed by atoms with Crippen LogP contribution in [0.15, 0.2) is 24.8 Å². The summed E-state index contributed by atoms with van der Waals surface area (Å²) in [4.78, 5) is 44.3. The molecule has 3 amide bonds. The molecule has 2 aromatic heterocycles. The van der Waals surface area contributed by atoms with Crippen molar-refractivity contribution in [1.29, 1.82) is 0 Å². The lowest BCUT2D eigenvalue weighted by molar-refractivity contribution is -0.121. The van der Waals surface area contributed by atoms with E-state index in [2.05, 4.69) is 20.6 Å². The topological polar surface area (TPSA) is 132 Å². The van der Waals surface area contributed by atoms with E-state index in [1.54, 1.807) is 16.8 Å². The lowest BCUT2D eigenvalue weighted by atomic mass is 9.85. The maximum Gasteiger partial charge on any atom is 0.272 e. The van der Waals surface area contributed by atoms with Crippen molar-refractivity contribution < 1.29 is 14.4 Å². The Balaban J connectivity index is 1.68. The number of primary amides is 1. The van der Waals surface area contributed by atoms with Crippen LogP contribution >= 0.6 is 11.6 Å². The average Bonchev–Trinajstić information content (AvgIpc) is 3.14. The van der Waals surface area contributed by atoms with Gasteiger partial charge in [0.15, 0.2) is 5.69 Å². The Labute approximate surface area is 166 Å². The van der Waals surface area contributed by atoms with Crippen molar-refractivity contribution in [3.8, 4) is 0 Å². The molecule has 3 rings (SSSR count). The molecule has 1 saturated carbocycles. The molecule has 0 bridgehead atoms. The van der Waals surface area contributed by atoms with Crippen LogP contribution in [0, 0.1) is 5.92 Å². The number of amides is 3. The molecule has 2 heterocycles. The number of nitrogens with two attached hydrogens (primary N) is 1. The minimum absolute atomic E-state index is 0.0149. The summed E-state index contributed by atoms with van der Waals surface area (Å²) in [6, 6.07) is 1.56. The zero-order chi connectivity index (χ0) is 20.3. The van der Waals surface area contributed by atoms with E-state index in [-0.39, 0.29) is 29.3 Å². The predicted molar refractivity (Wildman–Crippen MR) is 103 cm³/mol. The van der Waals surface area contributed by atoms with Gasteiger partial charge in [-0.05, 0) is 31.7 Å². The van der Waals surface area contributed by atoms with Crippen LogP contribution in [0.3, 0.4) is 0 Å². The highest BCUT2D eigenvalue weighted by atomic mass is 35.5. The second-order valence-corrected chi connectivity index (χ2v) is 7.05. The Kier molecular flexibility index (Phi) is 5.93. The number of carbonyl (C=O) groups excluding carboxylic acids is 3. The zero-order valence-electron chi connectivity index (χ0n) is 15.3. The van der Waals surface area contributed by atoms with E-state index in [0.717, 1.165) is 0 Å². The lowest BCUT2D eigenvalue weighted by Gasteiger charge is -2.29. The summed E-state index contributed by atoms with van der Waals surface area (Å²) in [5.74, 6) is -1.46. The number of rotatable bonds is 5. The van der Waals surface area contributed by atoms with Gasteiger partial charge in [0.25, 0.3) is 11.8 Å². The molecular weight excluding hydrogens is 384 g/mol. The van der Waals surface area contributed by atoms with Crippen molar-refractivity contribution in [2.24, 2.45) is 11.7 Å². The van der Waals surface area contributed by atoms with Crippen LogP contribution in [0.5, 0.6) is 0 Å². The van der Waals surface area contributed by atoms with E-state index in [1.807, 2.05) is 0 Å². The molecule has 0 saturated heterocycles. The van der Waals surface area contributed by atoms with Crippen molar-refractivity contribution in [1.82, 2.24) is 19.9 Å². The van der Waals surface area contributed by atoms with E-state index in [9.17, 15) is 14.4 Å². The van der Waals surface area contributed by atoms with E-state index in [1.165, 1.54) is 19.6 Å². The molecule has 148 valence electrons. The average molecular weight is 405 g/mol. The molecule has 4 N–H and O–H groups in total. The Morgan fingerprint density at radius 3 is 2.57 bits per heavy atom. The Bertz CT molecular complexity index is 904. The first-order chi connectivity index (χ1) is 13.4. The molecule has 0 radical (unpaired) electrons. The minimum Gasteiger partial charge on any atom is -0.364 e. The Morgan fingerprint density at radius 2 is 1.96 bits per heavy atom. The van der Waals surface area contributed by atoms with Crippen molar-refractivity contribution in [2.45, 2.75) is 31.7 Å². The number of nitrogens with one attached hydrogen (secondary N) is 2. The van der Waals surface area contributed by atoms with Gasteiger partial charge in [0.2, 0.25) is 5.91 Å². The molecule has 9 nitrogen and oxygen atoms in total. The standard InChI is InChI=1S/C18H21ClN6O3/c1-21-18(28)14-15(16(20)26)25(9-23-14)11-4-2-10(3-5-11)17(27)24-13-8-22-7-6-12(13)19/h6-11H,2-5H2,1H3,(H2,20,26)(H,21,28)(H,24,27)/t10-,11-. The fourth-order valence-corrected chi connectivity index (χ4v) is 3.64. The first-order valence-corrected chi connectivity index (χ1v) is 9.29. The van der Waals surface area contributed by atoms with Gasteiger partial charge in [-0.1, -0.05) is 11.6 Å². The Morgan fingerprint density at radius 1 is 1.25 bits per heavy atom. The smallest absolute Gasteiger partial charge is 0.272 e. The van der Waals surface area contributed by atoms with Crippen LogP contribution in [0.25, 0.3) is 0 Å². The van der Waals surface area contributed by atoms with E-state index >= 15 is 0 Å². The van der Waals surface area contributed by atoms with Gasteiger partial charge in [-0.25, -0.2) is 4.98 Å². The summed E-state index contributed by atoms with van der Waals surface area (Å²) < 4.78 is 1.65. The van der Waals surface area contributed by atoms with Gasteiger partial charge in [0.1, 0.15) is 5.69 Å². The fraction of sp³-hybridized carbons (Fsp3) is 0.389. The van der Waals surface area contributed by atoms with Crippen LogP contribution in [0.1, 0.15) is 52.7 Å². The summed E-state index contributed by atoms with van der Waals surface area (Å²) in [5.41, 5.74) is 6.06. The highest BCUT2D eigenvalue weighted by molar-refractivity contribution is 6.33. The molecule has 1 aliphatic rings. The van der Waals surface area contributed by atoms with Crippen LogP contribution in [0.4, 0.5) is 5.69 Å². The summed E-state index contributed by atoms with van der Waals surface area (Å²) in [6.45, 7) is 0. The number of imidazole rings is 1. The third-order valence-electron chi connectivity index (χ3n) is 4.96. The van der Waals surface area contributed by atoms with Crippen LogP contribution in [-0.4, -0.2) is 39.3 Å². The summed E-state index contributed by atoms with van der Waals surface area (Å²) in [7, 11) is 1.46. The number of hydrogen-bond acceptors (Lipinski definition) is 5. The molecule has 0 aromatic carbocycles. The van der Waals surface area contributed by atoms with Crippen molar-refractivity contribution in [2.75, 3.05) is 12.4 Å². The number of carbonyl (C=O) groups is 3. The van der Waals surface area contributed by atoms with Gasteiger partial charge >= 0.3 is 0 Å². The summed E-state index contributed by atoms with van der Waals surface area (Å²) in [5, 5.41) is 5.70. The van der Waals surface area contributed by atoms with Gasteiger partial charge in [-0.15, -0.1) is 0 Å². The third-order valence-corrected chi connectivity index (χ3v) is 5.29. The normalized spacial score (nSPS) is 19.1. The number of halogens is 1. The van der Waals surface area contributed by atoms with E-state index < -0.39 is 11.8 Å². The number of hydrogen-bond donors (Lipinski definition) is 3. The van der Waals surface area contributed by atoms with Crippen molar-refractivity contribution in [3.63, 3.8) is 0 Å². The maximum absolute atomic E-state index is 12.5. The third kappa shape index (κ3) is 3.99. The molecule has 0 spiro atoms. The Hall–Kier alpha value is -2.94.